The number of likely N-dealkylation sites (N-methyl/N-ethyl adjacent to an activating group) is 1. The second-order valence-electron chi connectivity index (χ2n) is 6.08. The number of nitrogens with zero attached hydrogens (tertiary/aromatic N) is 1. The molecule has 0 saturated heterocycles. The summed E-state index contributed by atoms with van der Waals surface area (Å²) in [4.78, 5) is 27.1. The molecule has 1 heterocycles. The predicted octanol–water partition coefficient (Wildman–Crippen LogP) is 3.30. The van der Waals surface area contributed by atoms with Crippen LogP contribution >= 0.6 is 11.3 Å². The molecule has 1 aromatic carbocycles. The van der Waals surface area contributed by atoms with Gasteiger partial charge in [-0.25, -0.2) is 4.39 Å². The summed E-state index contributed by atoms with van der Waals surface area (Å²) in [5.41, 5.74) is 0.936. The van der Waals surface area contributed by atoms with Crippen LogP contribution in [0.5, 0.6) is 0 Å². The smallest absolute Gasteiger partial charge is 0.246 e. The van der Waals surface area contributed by atoms with Gasteiger partial charge in [0.2, 0.25) is 11.8 Å². The van der Waals surface area contributed by atoms with E-state index in [4.69, 9.17) is 0 Å². The summed E-state index contributed by atoms with van der Waals surface area (Å²) >= 11 is 1.52. The fourth-order valence-corrected chi connectivity index (χ4v) is 3.20. The quantitative estimate of drug-likeness (QED) is 0.806. The highest BCUT2D eigenvalue weighted by Crippen LogP contribution is 2.28. The summed E-state index contributed by atoms with van der Waals surface area (Å²) in [6.45, 7) is 0.0605. The van der Waals surface area contributed by atoms with Gasteiger partial charge in [-0.3, -0.25) is 9.59 Å². The van der Waals surface area contributed by atoms with Crippen LogP contribution < -0.4 is 5.32 Å². The van der Waals surface area contributed by atoms with Crippen molar-refractivity contribution in [2.24, 2.45) is 0 Å². The number of thiophene rings is 1. The Morgan fingerprint density at radius 1 is 1.24 bits per heavy atom. The molecule has 4 nitrogen and oxygen atoms in total. The Kier molecular flexibility index (Phi) is 5.28. The first-order valence-corrected chi connectivity index (χ1v) is 8.91. The van der Waals surface area contributed by atoms with Crippen molar-refractivity contribution in [1.29, 1.82) is 0 Å². The molecule has 1 aliphatic rings. The van der Waals surface area contributed by atoms with Crippen molar-refractivity contribution in [3.63, 3.8) is 0 Å². The first kappa shape index (κ1) is 17.4. The van der Waals surface area contributed by atoms with Crippen molar-refractivity contribution in [2.75, 3.05) is 13.6 Å². The molecular weight excluding hydrogens is 339 g/mol. The van der Waals surface area contributed by atoms with E-state index in [-0.39, 0.29) is 24.2 Å². The zero-order valence-corrected chi connectivity index (χ0v) is 14.7. The molecule has 2 aromatic rings. The van der Waals surface area contributed by atoms with Gasteiger partial charge in [-0.1, -0.05) is 12.1 Å². The first-order valence-electron chi connectivity index (χ1n) is 8.09. The number of benzene rings is 1. The molecule has 1 aromatic heterocycles. The predicted molar refractivity (Wildman–Crippen MR) is 97.5 cm³/mol. The van der Waals surface area contributed by atoms with Crippen molar-refractivity contribution >= 4 is 29.2 Å². The molecule has 0 spiro atoms. The number of hydrogen-bond donors (Lipinski definition) is 1. The third kappa shape index (κ3) is 5.00. The Labute approximate surface area is 150 Å². The van der Waals surface area contributed by atoms with E-state index in [9.17, 15) is 14.0 Å². The molecule has 0 atom stereocenters. The van der Waals surface area contributed by atoms with Gasteiger partial charge in [0.25, 0.3) is 0 Å². The van der Waals surface area contributed by atoms with Gasteiger partial charge in [-0.2, -0.15) is 0 Å². The maximum Gasteiger partial charge on any atom is 0.246 e. The maximum absolute atomic E-state index is 13.0. The Hall–Kier alpha value is -2.47. The van der Waals surface area contributed by atoms with Gasteiger partial charge in [0.05, 0.1) is 6.54 Å². The molecule has 3 rings (SSSR count). The van der Waals surface area contributed by atoms with Crippen LogP contribution in [0.2, 0.25) is 0 Å². The minimum absolute atomic E-state index is 0.0605. The van der Waals surface area contributed by atoms with Gasteiger partial charge in [-0.05, 0) is 48.7 Å². The molecule has 2 amide bonds. The van der Waals surface area contributed by atoms with E-state index in [0.29, 0.717) is 6.04 Å². The minimum atomic E-state index is -0.264. The first-order chi connectivity index (χ1) is 12.0. The van der Waals surface area contributed by atoms with Gasteiger partial charge in [0.1, 0.15) is 5.82 Å². The van der Waals surface area contributed by atoms with Gasteiger partial charge in [0.15, 0.2) is 0 Å². The van der Waals surface area contributed by atoms with Crippen molar-refractivity contribution < 1.29 is 14.0 Å². The Balaban J connectivity index is 1.56. The highest BCUT2D eigenvalue weighted by molar-refractivity contribution is 7.16. The van der Waals surface area contributed by atoms with Gasteiger partial charge >= 0.3 is 0 Å². The summed E-state index contributed by atoms with van der Waals surface area (Å²) in [5.74, 6) is -0.607. The fourth-order valence-electron chi connectivity index (χ4n) is 2.29. The van der Waals surface area contributed by atoms with E-state index in [1.165, 1.54) is 34.4 Å². The van der Waals surface area contributed by atoms with Crippen LogP contribution in [0.15, 0.2) is 42.5 Å². The van der Waals surface area contributed by atoms with E-state index < -0.39 is 0 Å². The molecule has 6 heteroatoms. The topological polar surface area (TPSA) is 49.4 Å². The monoisotopic (exact) mass is 358 g/mol. The van der Waals surface area contributed by atoms with Crippen molar-refractivity contribution in [3.05, 3.63) is 53.2 Å². The molecule has 1 saturated carbocycles. The van der Waals surface area contributed by atoms with Gasteiger partial charge in [0, 0.05) is 28.9 Å². The summed E-state index contributed by atoms with van der Waals surface area (Å²) in [5, 5.41) is 2.86. The molecule has 1 N–H and O–H groups in total. The molecule has 25 heavy (non-hydrogen) atoms. The van der Waals surface area contributed by atoms with Crippen LogP contribution in [0.1, 0.15) is 17.7 Å². The third-order valence-corrected chi connectivity index (χ3v) is 4.94. The van der Waals surface area contributed by atoms with E-state index in [2.05, 4.69) is 5.32 Å². The van der Waals surface area contributed by atoms with Crippen LogP contribution in [0.4, 0.5) is 4.39 Å². The van der Waals surface area contributed by atoms with Crippen LogP contribution in [0, 0.1) is 5.82 Å². The Morgan fingerprint density at radius 2 is 1.96 bits per heavy atom. The second-order valence-corrected chi connectivity index (χ2v) is 7.19. The number of carbonyl (C=O) groups is 2. The molecular formula is C19H19FN2O2S. The zero-order chi connectivity index (χ0) is 17.8. The molecule has 1 aliphatic carbocycles. The molecule has 0 aliphatic heterocycles. The number of rotatable bonds is 6. The van der Waals surface area contributed by atoms with Crippen LogP contribution in [0.3, 0.4) is 0 Å². The van der Waals surface area contributed by atoms with E-state index in [0.717, 1.165) is 28.2 Å². The lowest BCUT2D eigenvalue weighted by Crippen LogP contribution is -2.38. The minimum Gasteiger partial charge on any atom is -0.352 e. The standard InChI is InChI=1S/C19H19FN2O2S/c1-22(12-18(23)21-15-6-7-15)19(24)11-9-16-8-10-17(25-16)13-2-4-14(20)5-3-13/h2-5,8-11,15H,6-7,12H2,1H3,(H,21,23). The van der Waals surface area contributed by atoms with Crippen LogP contribution in [-0.2, 0) is 9.59 Å². The molecule has 0 unspecified atom stereocenters. The third-order valence-electron chi connectivity index (χ3n) is 3.85. The zero-order valence-electron chi connectivity index (χ0n) is 13.9. The SMILES string of the molecule is CN(CC(=O)NC1CC1)C(=O)C=Cc1ccc(-c2ccc(F)cc2)s1. The lowest BCUT2D eigenvalue weighted by molar-refractivity contribution is -0.131. The average Bonchev–Trinajstić information content (AvgIpc) is 3.27. The largest absolute Gasteiger partial charge is 0.352 e. The molecule has 0 radical (unpaired) electrons. The average molecular weight is 358 g/mol. The van der Waals surface area contributed by atoms with E-state index in [1.54, 1.807) is 25.3 Å². The number of nitrogens with one attached hydrogen (secondary N) is 1. The summed E-state index contributed by atoms with van der Waals surface area (Å²) in [6, 6.07) is 10.5. The van der Waals surface area contributed by atoms with Crippen molar-refractivity contribution in [1.82, 2.24) is 10.2 Å². The number of carbonyl (C=O) groups excluding carboxylic acids is 2. The molecule has 0 bridgehead atoms. The van der Waals surface area contributed by atoms with Crippen molar-refractivity contribution in [2.45, 2.75) is 18.9 Å². The number of halogens is 1. The Bertz CT molecular complexity index is 794. The second kappa shape index (κ2) is 7.61. The summed E-state index contributed by atoms with van der Waals surface area (Å²) in [7, 11) is 1.61. The number of amides is 2. The van der Waals surface area contributed by atoms with Gasteiger partial charge < -0.3 is 10.2 Å². The maximum atomic E-state index is 13.0. The number of hydrogen-bond acceptors (Lipinski definition) is 3. The lowest BCUT2D eigenvalue weighted by Gasteiger charge is -2.14. The molecule has 1 fully saturated rings. The fraction of sp³-hybridized carbons (Fsp3) is 0.263. The summed E-state index contributed by atoms with van der Waals surface area (Å²) < 4.78 is 13.0. The highest BCUT2D eigenvalue weighted by Gasteiger charge is 2.23. The highest BCUT2D eigenvalue weighted by atomic mass is 32.1. The summed E-state index contributed by atoms with van der Waals surface area (Å²) in [6.07, 6.45) is 5.25. The van der Waals surface area contributed by atoms with Crippen LogP contribution in [0.25, 0.3) is 16.5 Å². The van der Waals surface area contributed by atoms with Crippen molar-refractivity contribution in [3.8, 4) is 10.4 Å². The normalized spacial score (nSPS) is 13.8. The van der Waals surface area contributed by atoms with E-state index >= 15 is 0 Å². The lowest BCUT2D eigenvalue weighted by atomic mass is 10.2. The molecule has 130 valence electrons. The van der Waals surface area contributed by atoms with Crippen LogP contribution in [-0.4, -0.2) is 36.3 Å². The van der Waals surface area contributed by atoms with Gasteiger partial charge in [-0.15, -0.1) is 11.3 Å². The van der Waals surface area contributed by atoms with E-state index in [1.807, 2.05) is 12.1 Å². The Morgan fingerprint density at radius 3 is 2.64 bits per heavy atom.